The molecule has 0 aliphatic carbocycles. The van der Waals surface area contributed by atoms with Crippen LogP contribution in [0.4, 0.5) is 0 Å². The topological polar surface area (TPSA) is 26.0 Å². The van der Waals surface area contributed by atoms with E-state index in [0.29, 0.717) is 5.15 Å². The standard InChI is InChI=1S/C8H6ClNO/c1-5-3-2-4-6-7(5)8(9)10-11-6/h2-4H,1H3. The molecule has 2 rings (SSSR count). The lowest BCUT2D eigenvalue weighted by Crippen LogP contribution is -1.71. The first kappa shape index (κ1) is 6.68. The molecule has 0 saturated heterocycles. The first-order valence-electron chi connectivity index (χ1n) is 3.29. The molecule has 56 valence electrons. The summed E-state index contributed by atoms with van der Waals surface area (Å²) in [7, 11) is 0. The zero-order valence-electron chi connectivity index (χ0n) is 5.97. The fourth-order valence-electron chi connectivity index (χ4n) is 1.12. The Balaban J connectivity index is 2.96. The molecule has 2 nitrogen and oxygen atoms in total. The SMILES string of the molecule is Cc1cccc2onc(Cl)c12. The van der Waals surface area contributed by atoms with Crippen LogP contribution >= 0.6 is 11.6 Å². The van der Waals surface area contributed by atoms with Gasteiger partial charge in [0.15, 0.2) is 10.7 Å². The third-order valence-corrected chi connectivity index (χ3v) is 1.92. The zero-order chi connectivity index (χ0) is 7.84. The Morgan fingerprint density at radius 1 is 1.45 bits per heavy atom. The van der Waals surface area contributed by atoms with Gasteiger partial charge in [-0.25, -0.2) is 0 Å². The van der Waals surface area contributed by atoms with Gasteiger partial charge in [-0.2, -0.15) is 0 Å². The highest BCUT2D eigenvalue weighted by atomic mass is 35.5. The van der Waals surface area contributed by atoms with Crippen molar-refractivity contribution in [2.24, 2.45) is 0 Å². The van der Waals surface area contributed by atoms with E-state index in [2.05, 4.69) is 5.16 Å². The molecule has 0 atom stereocenters. The van der Waals surface area contributed by atoms with Crippen molar-refractivity contribution in [3.63, 3.8) is 0 Å². The second-order valence-corrected chi connectivity index (χ2v) is 2.78. The van der Waals surface area contributed by atoms with E-state index in [0.717, 1.165) is 16.5 Å². The van der Waals surface area contributed by atoms with Crippen LogP contribution in [0.3, 0.4) is 0 Å². The molecule has 0 N–H and O–H groups in total. The molecule has 0 bridgehead atoms. The van der Waals surface area contributed by atoms with Crippen LogP contribution < -0.4 is 0 Å². The van der Waals surface area contributed by atoms with Crippen molar-refractivity contribution < 1.29 is 4.52 Å². The van der Waals surface area contributed by atoms with Gasteiger partial charge in [0.2, 0.25) is 0 Å². The third-order valence-electron chi connectivity index (χ3n) is 1.66. The minimum atomic E-state index is 0.443. The molecule has 1 heterocycles. The summed E-state index contributed by atoms with van der Waals surface area (Å²) in [5, 5.41) is 5.00. The maximum absolute atomic E-state index is 5.77. The van der Waals surface area contributed by atoms with Crippen molar-refractivity contribution >= 4 is 22.6 Å². The number of rotatable bonds is 0. The summed E-state index contributed by atoms with van der Waals surface area (Å²) in [5.41, 5.74) is 1.84. The fraction of sp³-hybridized carbons (Fsp3) is 0.125. The van der Waals surface area contributed by atoms with Gasteiger partial charge in [0, 0.05) is 0 Å². The Morgan fingerprint density at radius 3 is 3.00 bits per heavy atom. The van der Waals surface area contributed by atoms with Gasteiger partial charge in [-0.3, -0.25) is 0 Å². The lowest BCUT2D eigenvalue weighted by atomic mass is 10.2. The highest BCUT2D eigenvalue weighted by Crippen LogP contribution is 2.25. The predicted octanol–water partition coefficient (Wildman–Crippen LogP) is 2.79. The monoisotopic (exact) mass is 167 g/mol. The highest BCUT2D eigenvalue weighted by molar-refractivity contribution is 6.34. The van der Waals surface area contributed by atoms with Gasteiger partial charge in [0.05, 0.1) is 5.39 Å². The molecule has 0 saturated carbocycles. The molecule has 0 aliphatic heterocycles. The summed E-state index contributed by atoms with van der Waals surface area (Å²) in [6, 6.07) is 5.74. The van der Waals surface area contributed by atoms with Gasteiger partial charge in [-0.15, -0.1) is 0 Å². The average molecular weight is 168 g/mol. The maximum atomic E-state index is 5.77. The van der Waals surface area contributed by atoms with Crippen LogP contribution in [-0.4, -0.2) is 5.16 Å². The molecule has 1 aromatic heterocycles. The minimum Gasteiger partial charge on any atom is -0.355 e. The first-order valence-corrected chi connectivity index (χ1v) is 3.67. The molecule has 0 radical (unpaired) electrons. The number of aryl methyl sites for hydroxylation is 1. The summed E-state index contributed by atoms with van der Waals surface area (Å²) in [5.74, 6) is 0. The van der Waals surface area contributed by atoms with Gasteiger partial charge >= 0.3 is 0 Å². The Bertz CT molecular complexity index is 394. The molecule has 0 aliphatic rings. The molecule has 3 heteroatoms. The highest BCUT2D eigenvalue weighted by Gasteiger charge is 2.06. The predicted molar refractivity (Wildman–Crippen MR) is 43.8 cm³/mol. The van der Waals surface area contributed by atoms with Crippen LogP contribution in [0.5, 0.6) is 0 Å². The number of hydrogen-bond acceptors (Lipinski definition) is 2. The zero-order valence-corrected chi connectivity index (χ0v) is 6.72. The van der Waals surface area contributed by atoms with Gasteiger partial charge in [0.1, 0.15) is 0 Å². The summed E-state index contributed by atoms with van der Waals surface area (Å²) >= 11 is 5.77. The second-order valence-electron chi connectivity index (χ2n) is 2.42. The van der Waals surface area contributed by atoms with Gasteiger partial charge in [-0.1, -0.05) is 28.9 Å². The molecule has 2 aromatic rings. The number of aromatic nitrogens is 1. The third kappa shape index (κ3) is 0.906. The van der Waals surface area contributed by atoms with Crippen LogP contribution in [0, 0.1) is 6.92 Å². The molecular weight excluding hydrogens is 162 g/mol. The smallest absolute Gasteiger partial charge is 0.180 e. The quantitative estimate of drug-likeness (QED) is 0.603. The molecule has 0 amide bonds. The van der Waals surface area contributed by atoms with Crippen molar-refractivity contribution in [3.05, 3.63) is 28.9 Å². The van der Waals surface area contributed by atoms with Crippen LogP contribution in [0.15, 0.2) is 22.7 Å². The maximum Gasteiger partial charge on any atom is 0.180 e. The lowest BCUT2D eigenvalue weighted by molar-refractivity contribution is 0.457. The van der Waals surface area contributed by atoms with Crippen LogP contribution in [0.2, 0.25) is 5.15 Å². The Morgan fingerprint density at radius 2 is 2.27 bits per heavy atom. The number of hydrogen-bond donors (Lipinski definition) is 0. The Hall–Kier alpha value is -1.02. The molecular formula is C8H6ClNO. The number of nitrogens with zero attached hydrogens (tertiary/aromatic N) is 1. The van der Waals surface area contributed by atoms with E-state index < -0.39 is 0 Å². The normalized spacial score (nSPS) is 10.7. The van der Waals surface area contributed by atoms with Crippen molar-refractivity contribution in [3.8, 4) is 0 Å². The fourth-order valence-corrected chi connectivity index (χ4v) is 1.39. The summed E-state index contributed by atoms with van der Waals surface area (Å²) in [4.78, 5) is 0. The van der Waals surface area contributed by atoms with E-state index in [9.17, 15) is 0 Å². The minimum absolute atomic E-state index is 0.443. The van der Waals surface area contributed by atoms with Crippen molar-refractivity contribution in [2.75, 3.05) is 0 Å². The molecule has 0 unspecified atom stereocenters. The molecule has 0 fully saturated rings. The van der Waals surface area contributed by atoms with Gasteiger partial charge in [-0.05, 0) is 18.6 Å². The number of fused-ring (bicyclic) bond motifs is 1. The Labute approximate surface area is 68.7 Å². The number of benzene rings is 1. The van der Waals surface area contributed by atoms with Crippen LogP contribution in [0.1, 0.15) is 5.56 Å². The van der Waals surface area contributed by atoms with E-state index in [4.69, 9.17) is 16.1 Å². The van der Waals surface area contributed by atoms with Gasteiger partial charge < -0.3 is 4.52 Å². The van der Waals surface area contributed by atoms with Gasteiger partial charge in [0.25, 0.3) is 0 Å². The summed E-state index contributed by atoms with van der Waals surface area (Å²) < 4.78 is 4.95. The van der Waals surface area contributed by atoms with E-state index in [1.807, 2.05) is 25.1 Å². The average Bonchev–Trinajstić information content (AvgIpc) is 2.34. The molecule has 1 aromatic carbocycles. The van der Waals surface area contributed by atoms with E-state index >= 15 is 0 Å². The number of halogens is 1. The summed E-state index contributed by atoms with van der Waals surface area (Å²) in [6.07, 6.45) is 0. The largest absolute Gasteiger partial charge is 0.355 e. The van der Waals surface area contributed by atoms with Crippen LogP contribution in [-0.2, 0) is 0 Å². The first-order chi connectivity index (χ1) is 5.29. The Kier molecular flexibility index (Phi) is 1.36. The summed E-state index contributed by atoms with van der Waals surface area (Å²) in [6.45, 7) is 1.98. The molecule has 0 spiro atoms. The van der Waals surface area contributed by atoms with Crippen molar-refractivity contribution in [1.29, 1.82) is 0 Å². The van der Waals surface area contributed by atoms with E-state index in [-0.39, 0.29) is 0 Å². The van der Waals surface area contributed by atoms with Crippen molar-refractivity contribution in [1.82, 2.24) is 5.16 Å². The molecule has 11 heavy (non-hydrogen) atoms. The second kappa shape index (κ2) is 2.24. The van der Waals surface area contributed by atoms with Crippen molar-refractivity contribution in [2.45, 2.75) is 6.92 Å². The van der Waals surface area contributed by atoms with E-state index in [1.54, 1.807) is 0 Å². The van der Waals surface area contributed by atoms with E-state index in [1.165, 1.54) is 0 Å². The van der Waals surface area contributed by atoms with Crippen LogP contribution in [0.25, 0.3) is 11.0 Å². The lowest BCUT2D eigenvalue weighted by Gasteiger charge is -1.90.